The van der Waals surface area contributed by atoms with Crippen LogP contribution in [0.2, 0.25) is 0 Å². The zero-order valence-corrected chi connectivity index (χ0v) is 27.0. The molecule has 2 aromatic rings. The van der Waals surface area contributed by atoms with Gasteiger partial charge in [-0.1, -0.05) is 59.2 Å². The molecule has 7 nitrogen and oxygen atoms in total. The van der Waals surface area contributed by atoms with E-state index in [1.54, 1.807) is 32.0 Å². The number of ether oxygens (including phenoxy) is 1. The molecule has 0 aliphatic rings. The van der Waals surface area contributed by atoms with Crippen LogP contribution in [0.4, 0.5) is 5.69 Å². The number of anilines is 1. The third-order valence-electron chi connectivity index (χ3n) is 6.36. The minimum absolute atomic E-state index is 0.177. The van der Waals surface area contributed by atoms with Crippen molar-refractivity contribution >= 4 is 19.5 Å². The van der Waals surface area contributed by atoms with Gasteiger partial charge in [0.1, 0.15) is 5.75 Å². The molecule has 0 atom stereocenters. The highest BCUT2D eigenvalue weighted by Crippen LogP contribution is 2.49. The quantitative estimate of drug-likeness (QED) is 0.0747. The Hall–Kier alpha value is -2.96. The molecule has 0 radical (unpaired) electrons. The maximum absolute atomic E-state index is 13.0. The van der Waals surface area contributed by atoms with E-state index in [-0.39, 0.29) is 19.8 Å². The van der Waals surface area contributed by atoms with Gasteiger partial charge in [0.05, 0.1) is 25.4 Å². The van der Waals surface area contributed by atoms with Gasteiger partial charge in [-0.25, -0.2) is 9.36 Å². The van der Waals surface area contributed by atoms with Crippen LogP contribution in [0, 0.1) is 0 Å². The van der Waals surface area contributed by atoms with Crippen molar-refractivity contribution < 1.29 is 27.7 Å². The fourth-order valence-electron chi connectivity index (χ4n) is 4.08. The second kappa shape index (κ2) is 19.3. The lowest BCUT2D eigenvalue weighted by molar-refractivity contribution is 0.0735. The van der Waals surface area contributed by atoms with Gasteiger partial charge >= 0.3 is 13.8 Å². The zero-order chi connectivity index (χ0) is 30.8. The molecule has 0 unspecified atom stereocenters. The summed E-state index contributed by atoms with van der Waals surface area (Å²) in [6.45, 7) is 13.4. The van der Waals surface area contributed by atoms with Crippen molar-refractivity contribution in [3.63, 3.8) is 0 Å². The van der Waals surface area contributed by atoms with Crippen LogP contribution in [0.5, 0.6) is 5.75 Å². The number of carbonyl (C=O) groups excluding carboxylic acids is 1. The van der Waals surface area contributed by atoms with Gasteiger partial charge in [-0.05, 0) is 103 Å². The van der Waals surface area contributed by atoms with Gasteiger partial charge in [-0.2, -0.15) is 0 Å². The Morgan fingerprint density at radius 2 is 1.43 bits per heavy atom. The van der Waals surface area contributed by atoms with Gasteiger partial charge in [-0.3, -0.25) is 13.6 Å². The molecular formula is C34H48NO6P. The number of phosphoric acid groups is 1. The van der Waals surface area contributed by atoms with E-state index in [4.69, 9.17) is 18.3 Å². The minimum Gasteiger partial charge on any atom is -0.423 e. The standard InChI is InChI=1S/C34H48NO6P/c1-7-38-42(37,39-8-2)40-26-24-30-19-21-31(22-20-30)41-34(36)32-17-9-10-18-33(32)35-25-23-29(6)16-12-15-28(5)14-11-13-27(3)4/h9-10,13,15,17-23,35H,7-8,11-12,14,16,24-26H2,1-6H3/b28-15+,29-23+. The predicted octanol–water partition coefficient (Wildman–Crippen LogP) is 9.48. The largest absolute Gasteiger partial charge is 0.474 e. The topological polar surface area (TPSA) is 83.1 Å². The van der Waals surface area contributed by atoms with E-state index in [1.807, 2.05) is 30.3 Å². The molecule has 2 rings (SSSR count). The number of allylic oxidation sites excluding steroid dienone is 5. The molecule has 0 fully saturated rings. The number of esters is 1. The van der Waals surface area contributed by atoms with Crippen molar-refractivity contribution in [2.45, 2.75) is 73.6 Å². The first-order valence-corrected chi connectivity index (χ1v) is 16.2. The van der Waals surface area contributed by atoms with E-state index < -0.39 is 13.8 Å². The maximum Gasteiger partial charge on any atom is 0.474 e. The summed E-state index contributed by atoms with van der Waals surface area (Å²) in [5, 5.41) is 3.35. The molecule has 2 aromatic carbocycles. The molecule has 8 heteroatoms. The summed E-state index contributed by atoms with van der Waals surface area (Å²) in [6.07, 6.45) is 11.5. The van der Waals surface area contributed by atoms with Crippen LogP contribution >= 0.6 is 7.82 Å². The normalized spacial score (nSPS) is 12.2. The smallest absolute Gasteiger partial charge is 0.423 e. The minimum atomic E-state index is -3.54. The maximum atomic E-state index is 13.0. The number of phosphoric ester groups is 1. The SMILES string of the molecule is CCOP(=O)(OCC)OCCc1ccc(OC(=O)c2ccccc2NC/C=C(\C)CC/C=C(\C)CCC=C(C)C)cc1. The molecule has 0 amide bonds. The van der Waals surface area contributed by atoms with E-state index in [2.05, 4.69) is 51.2 Å². The van der Waals surface area contributed by atoms with Crippen molar-refractivity contribution in [2.24, 2.45) is 0 Å². The third kappa shape index (κ3) is 13.8. The summed E-state index contributed by atoms with van der Waals surface area (Å²) >= 11 is 0. The number of hydrogen-bond donors (Lipinski definition) is 1. The Morgan fingerprint density at radius 1 is 0.810 bits per heavy atom. The summed E-state index contributed by atoms with van der Waals surface area (Å²) in [4.78, 5) is 13.0. The molecule has 0 aliphatic carbocycles. The summed E-state index contributed by atoms with van der Waals surface area (Å²) in [6, 6.07) is 14.5. The Kier molecular flexibility index (Phi) is 16.2. The Balaban J connectivity index is 1.86. The van der Waals surface area contributed by atoms with Crippen LogP contribution in [0.25, 0.3) is 0 Å². The lowest BCUT2D eigenvalue weighted by atomic mass is 10.1. The van der Waals surface area contributed by atoms with Crippen molar-refractivity contribution in [1.29, 1.82) is 0 Å². The molecule has 1 N–H and O–H groups in total. The summed E-state index contributed by atoms with van der Waals surface area (Å²) in [5.74, 6) is 0.00620. The molecule has 42 heavy (non-hydrogen) atoms. The molecule has 0 heterocycles. The molecule has 0 saturated heterocycles. The van der Waals surface area contributed by atoms with Gasteiger partial charge < -0.3 is 10.1 Å². The molecule has 0 aliphatic heterocycles. The second-order valence-electron chi connectivity index (χ2n) is 10.3. The first-order valence-electron chi connectivity index (χ1n) is 14.8. The van der Waals surface area contributed by atoms with Crippen LogP contribution in [-0.2, 0) is 24.6 Å². The van der Waals surface area contributed by atoms with E-state index >= 15 is 0 Å². The number of carbonyl (C=O) groups is 1. The van der Waals surface area contributed by atoms with Gasteiger partial charge in [0.2, 0.25) is 0 Å². The fraction of sp³-hybridized carbons (Fsp3) is 0.441. The first-order chi connectivity index (χ1) is 20.2. The number of para-hydroxylation sites is 1. The molecule has 230 valence electrons. The van der Waals surface area contributed by atoms with Gasteiger partial charge in [-0.15, -0.1) is 0 Å². The Morgan fingerprint density at radius 3 is 2.07 bits per heavy atom. The highest BCUT2D eigenvalue weighted by atomic mass is 31.2. The predicted molar refractivity (Wildman–Crippen MR) is 172 cm³/mol. The number of hydrogen-bond acceptors (Lipinski definition) is 7. The highest BCUT2D eigenvalue weighted by Gasteiger charge is 2.24. The van der Waals surface area contributed by atoms with Gasteiger partial charge in [0, 0.05) is 12.2 Å². The van der Waals surface area contributed by atoms with E-state index in [0.29, 0.717) is 24.3 Å². The van der Waals surface area contributed by atoms with Crippen LogP contribution < -0.4 is 10.1 Å². The van der Waals surface area contributed by atoms with Crippen molar-refractivity contribution in [2.75, 3.05) is 31.7 Å². The Bertz CT molecular complexity index is 1230. The van der Waals surface area contributed by atoms with Crippen LogP contribution in [0.3, 0.4) is 0 Å². The van der Waals surface area contributed by atoms with Crippen molar-refractivity contribution in [3.8, 4) is 5.75 Å². The fourth-order valence-corrected chi connectivity index (χ4v) is 5.25. The number of rotatable bonds is 19. The first kappa shape index (κ1) is 35.2. The lowest BCUT2D eigenvalue weighted by Crippen LogP contribution is -2.12. The van der Waals surface area contributed by atoms with Crippen LogP contribution in [0.15, 0.2) is 83.5 Å². The summed E-state index contributed by atoms with van der Waals surface area (Å²) in [7, 11) is -3.54. The summed E-state index contributed by atoms with van der Waals surface area (Å²) in [5.41, 5.74) is 6.24. The average molecular weight is 598 g/mol. The second-order valence-corrected chi connectivity index (χ2v) is 12.0. The molecule has 0 bridgehead atoms. The average Bonchev–Trinajstić information content (AvgIpc) is 2.94. The molecule has 0 aromatic heterocycles. The van der Waals surface area contributed by atoms with Gasteiger partial charge in [0.15, 0.2) is 0 Å². The van der Waals surface area contributed by atoms with E-state index in [9.17, 15) is 9.36 Å². The highest BCUT2D eigenvalue weighted by molar-refractivity contribution is 7.48. The Labute approximate surface area is 252 Å². The number of benzene rings is 2. The van der Waals surface area contributed by atoms with Gasteiger partial charge in [0.25, 0.3) is 0 Å². The molecule has 0 spiro atoms. The zero-order valence-electron chi connectivity index (χ0n) is 26.1. The van der Waals surface area contributed by atoms with Crippen LogP contribution in [0.1, 0.15) is 83.1 Å². The third-order valence-corrected chi connectivity index (χ3v) is 8.01. The summed E-state index contributed by atoms with van der Waals surface area (Å²) < 4.78 is 33.7. The van der Waals surface area contributed by atoms with Crippen LogP contribution in [-0.4, -0.2) is 32.3 Å². The number of nitrogens with one attached hydrogen (secondary N) is 1. The van der Waals surface area contributed by atoms with Crippen molar-refractivity contribution in [3.05, 3.63) is 94.6 Å². The van der Waals surface area contributed by atoms with E-state index in [1.165, 1.54) is 16.7 Å². The molecular weight excluding hydrogens is 549 g/mol. The van der Waals surface area contributed by atoms with E-state index in [0.717, 1.165) is 36.9 Å². The van der Waals surface area contributed by atoms with Crippen molar-refractivity contribution in [1.82, 2.24) is 0 Å². The monoisotopic (exact) mass is 597 g/mol. The molecule has 0 saturated carbocycles. The lowest BCUT2D eigenvalue weighted by Gasteiger charge is -2.16.